The number of esters is 1. The van der Waals surface area contributed by atoms with Gasteiger partial charge in [0.1, 0.15) is 12.7 Å². The van der Waals surface area contributed by atoms with E-state index in [9.17, 15) is 4.79 Å². The molecule has 1 aromatic rings. The van der Waals surface area contributed by atoms with Gasteiger partial charge in [0.25, 0.3) is 0 Å². The number of carbonyl (C=O) groups excluding carboxylic acids is 1. The number of hydrogen-bond acceptors (Lipinski definition) is 4. The summed E-state index contributed by atoms with van der Waals surface area (Å²) >= 11 is 0. The van der Waals surface area contributed by atoms with Gasteiger partial charge >= 0.3 is 5.97 Å². The largest absolute Gasteiger partial charge is 0.492 e. The van der Waals surface area contributed by atoms with Crippen LogP contribution in [0.25, 0.3) is 0 Å². The molecule has 0 saturated heterocycles. The van der Waals surface area contributed by atoms with Crippen molar-refractivity contribution in [3.8, 4) is 0 Å². The summed E-state index contributed by atoms with van der Waals surface area (Å²) in [6.07, 6.45) is 3.10. The second-order valence-electron chi connectivity index (χ2n) is 7.81. The molecule has 132 valence electrons. The molecule has 0 aliphatic carbocycles. The SMILES string of the molecule is Cc1ccc(C(=O)OC[C@H]2OC=C[C@@H]2O[Si](C)(C)C(C)(C)C)cc1. The summed E-state index contributed by atoms with van der Waals surface area (Å²) in [5.41, 5.74) is 1.66. The molecule has 1 aliphatic rings. The van der Waals surface area contributed by atoms with Crippen molar-refractivity contribution in [3.05, 3.63) is 47.7 Å². The van der Waals surface area contributed by atoms with Crippen LogP contribution in [0.4, 0.5) is 0 Å². The van der Waals surface area contributed by atoms with Gasteiger partial charge in [-0.05, 0) is 43.3 Å². The van der Waals surface area contributed by atoms with Gasteiger partial charge in [0.2, 0.25) is 0 Å². The average Bonchev–Trinajstić information content (AvgIpc) is 2.91. The fraction of sp³-hybridized carbons (Fsp3) is 0.526. The minimum Gasteiger partial charge on any atom is -0.492 e. The zero-order valence-electron chi connectivity index (χ0n) is 15.5. The molecule has 0 bridgehead atoms. The predicted molar refractivity (Wildman–Crippen MR) is 97.5 cm³/mol. The van der Waals surface area contributed by atoms with Crippen LogP contribution in [-0.2, 0) is 13.9 Å². The van der Waals surface area contributed by atoms with Crippen molar-refractivity contribution in [1.29, 1.82) is 0 Å². The molecule has 1 heterocycles. The first kappa shape index (κ1) is 18.7. The normalized spacial score (nSPS) is 20.8. The number of benzene rings is 1. The Bertz CT molecular complexity index is 599. The lowest BCUT2D eigenvalue weighted by Gasteiger charge is -2.38. The molecule has 2 rings (SSSR count). The zero-order chi connectivity index (χ0) is 18.0. The van der Waals surface area contributed by atoms with Crippen LogP contribution in [0.15, 0.2) is 36.6 Å². The van der Waals surface area contributed by atoms with E-state index in [0.29, 0.717) is 5.56 Å². The molecule has 1 aliphatic heterocycles. The molecule has 5 heteroatoms. The third-order valence-electron chi connectivity index (χ3n) is 4.79. The van der Waals surface area contributed by atoms with Crippen LogP contribution >= 0.6 is 0 Å². The lowest BCUT2D eigenvalue weighted by molar-refractivity contribution is 0.000263. The Hall–Kier alpha value is -1.59. The van der Waals surface area contributed by atoms with Crippen molar-refractivity contribution in [2.24, 2.45) is 0 Å². The molecule has 0 unspecified atom stereocenters. The number of rotatable bonds is 5. The number of ether oxygens (including phenoxy) is 2. The first-order valence-corrected chi connectivity index (χ1v) is 11.2. The molecule has 4 nitrogen and oxygen atoms in total. The highest BCUT2D eigenvalue weighted by Gasteiger charge is 2.41. The average molecular weight is 349 g/mol. The molecule has 0 fully saturated rings. The topological polar surface area (TPSA) is 44.8 Å². The van der Waals surface area contributed by atoms with E-state index in [4.69, 9.17) is 13.9 Å². The van der Waals surface area contributed by atoms with Gasteiger partial charge in [0.05, 0.1) is 11.8 Å². The Kier molecular flexibility index (Phi) is 5.55. The van der Waals surface area contributed by atoms with Crippen molar-refractivity contribution in [3.63, 3.8) is 0 Å². The summed E-state index contributed by atoms with van der Waals surface area (Å²) < 4.78 is 17.3. The molecule has 0 aromatic heterocycles. The first-order chi connectivity index (χ1) is 11.1. The lowest BCUT2D eigenvalue weighted by Crippen LogP contribution is -2.46. The highest BCUT2D eigenvalue weighted by molar-refractivity contribution is 6.74. The molecular formula is C19H28O4Si. The van der Waals surface area contributed by atoms with Crippen molar-refractivity contribution in [1.82, 2.24) is 0 Å². The maximum Gasteiger partial charge on any atom is 0.338 e. The van der Waals surface area contributed by atoms with E-state index in [1.54, 1.807) is 18.4 Å². The molecule has 0 N–H and O–H groups in total. The minimum atomic E-state index is -1.91. The summed E-state index contributed by atoms with van der Waals surface area (Å²) in [6.45, 7) is 13.2. The third-order valence-corrected chi connectivity index (χ3v) is 9.26. The fourth-order valence-electron chi connectivity index (χ4n) is 2.12. The molecular weight excluding hydrogens is 320 g/mol. The van der Waals surface area contributed by atoms with E-state index < -0.39 is 8.32 Å². The summed E-state index contributed by atoms with van der Waals surface area (Å²) in [6, 6.07) is 7.34. The highest BCUT2D eigenvalue weighted by Crippen LogP contribution is 2.38. The molecule has 0 spiro atoms. The van der Waals surface area contributed by atoms with Gasteiger partial charge in [-0.15, -0.1) is 0 Å². The van der Waals surface area contributed by atoms with E-state index >= 15 is 0 Å². The van der Waals surface area contributed by atoms with Gasteiger partial charge in [-0.2, -0.15) is 0 Å². The van der Waals surface area contributed by atoms with Crippen LogP contribution in [0.2, 0.25) is 18.1 Å². The van der Waals surface area contributed by atoms with Crippen molar-refractivity contribution >= 4 is 14.3 Å². The maximum atomic E-state index is 12.1. The van der Waals surface area contributed by atoms with E-state index in [-0.39, 0.29) is 29.8 Å². The Morgan fingerprint density at radius 1 is 1.21 bits per heavy atom. The van der Waals surface area contributed by atoms with Crippen LogP contribution < -0.4 is 0 Å². The molecule has 0 radical (unpaired) electrons. The van der Waals surface area contributed by atoms with Gasteiger partial charge in [-0.1, -0.05) is 38.5 Å². The zero-order valence-corrected chi connectivity index (χ0v) is 16.5. The molecule has 0 saturated carbocycles. The second-order valence-corrected chi connectivity index (χ2v) is 12.6. The Balaban J connectivity index is 1.92. The van der Waals surface area contributed by atoms with Gasteiger partial charge in [0, 0.05) is 0 Å². The molecule has 0 amide bonds. The number of aryl methyl sites for hydroxylation is 1. The van der Waals surface area contributed by atoms with E-state index in [1.807, 2.05) is 25.1 Å². The van der Waals surface area contributed by atoms with Crippen LogP contribution in [0.3, 0.4) is 0 Å². The van der Waals surface area contributed by atoms with Crippen molar-refractivity contribution in [2.45, 2.75) is 58.0 Å². The Morgan fingerprint density at radius 2 is 1.83 bits per heavy atom. The quantitative estimate of drug-likeness (QED) is 0.582. The van der Waals surface area contributed by atoms with E-state index in [1.165, 1.54) is 0 Å². The number of carbonyl (C=O) groups is 1. The van der Waals surface area contributed by atoms with Crippen LogP contribution in [0, 0.1) is 6.92 Å². The van der Waals surface area contributed by atoms with E-state index in [0.717, 1.165) is 5.56 Å². The van der Waals surface area contributed by atoms with Gasteiger partial charge in [-0.3, -0.25) is 0 Å². The lowest BCUT2D eigenvalue weighted by atomic mass is 10.1. The summed E-state index contributed by atoms with van der Waals surface area (Å²) in [5.74, 6) is -0.337. The third kappa shape index (κ3) is 4.48. The maximum absolute atomic E-state index is 12.1. The van der Waals surface area contributed by atoms with Gasteiger partial charge in [-0.25, -0.2) is 4.79 Å². The smallest absolute Gasteiger partial charge is 0.338 e. The van der Waals surface area contributed by atoms with Gasteiger partial charge in [0.15, 0.2) is 14.4 Å². The van der Waals surface area contributed by atoms with Crippen molar-refractivity contribution < 1.29 is 18.7 Å². The Labute approximate surface area is 145 Å². The van der Waals surface area contributed by atoms with Crippen LogP contribution in [0.1, 0.15) is 36.7 Å². The molecule has 2 atom stereocenters. The fourth-order valence-corrected chi connectivity index (χ4v) is 3.39. The minimum absolute atomic E-state index is 0.118. The molecule has 1 aromatic carbocycles. The summed E-state index contributed by atoms with van der Waals surface area (Å²) in [7, 11) is -1.91. The monoisotopic (exact) mass is 348 g/mol. The first-order valence-electron chi connectivity index (χ1n) is 8.34. The van der Waals surface area contributed by atoms with E-state index in [2.05, 4.69) is 33.9 Å². The number of hydrogen-bond donors (Lipinski definition) is 0. The van der Waals surface area contributed by atoms with Crippen LogP contribution in [0.5, 0.6) is 0 Å². The van der Waals surface area contributed by atoms with Gasteiger partial charge < -0.3 is 13.9 Å². The standard InChI is InChI=1S/C19H28O4Si/c1-14-7-9-15(10-8-14)18(20)22-13-17-16(11-12-21-17)23-24(5,6)19(2,3)4/h7-12,16-17H,13H2,1-6H3/t16-,17+/m0/s1. The molecule has 24 heavy (non-hydrogen) atoms. The van der Waals surface area contributed by atoms with Crippen LogP contribution in [-0.4, -0.2) is 33.1 Å². The predicted octanol–water partition coefficient (Wildman–Crippen LogP) is 4.45. The second kappa shape index (κ2) is 7.11. The summed E-state index contributed by atoms with van der Waals surface area (Å²) in [4.78, 5) is 12.1. The van der Waals surface area contributed by atoms with Crippen molar-refractivity contribution in [2.75, 3.05) is 6.61 Å². The highest BCUT2D eigenvalue weighted by atomic mass is 28.4. The summed E-state index contributed by atoms with van der Waals surface area (Å²) in [5, 5.41) is 0.118. The Morgan fingerprint density at radius 3 is 2.42 bits per heavy atom.